The van der Waals surface area contributed by atoms with Crippen molar-refractivity contribution >= 4 is 22.4 Å². The highest BCUT2D eigenvalue weighted by Gasteiger charge is 2.30. The van der Waals surface area contributed by atoms with E-state index in [0.717, 1.165) is 67.6 Å². The summed E-state index contributed by atoms with van der Waals surface area (Å²) in [4.78, 5) is 17.0. The van der Waals surface area contributed by atoms with Crippen molar-refractivity contribution < 1.29 is 9.18 Å². The van der Waals surface area contributed by atoms with Crippen LogP contribution in [-0.4, -0.2) is 47.2 Å². The number of anilines is 1. The van der Waals surface area contributed by atoms with Crippen LogP contribution in [0.5, 0.6) is 0 Å². The molecule has 0 unspecified atom stereocenters. The third kappa shape index (κ3) is 4.46. The summed E-state index contributed by atoms with van der Waals surface area (Å²) in [5.74, 6) is 0.285. The summed E-state index contributed by atoms with van der Waals surface area (Å²) in [5, 5.41) is 10.5. The molecule has 0 radical (unpaired) electrons. The van der Waals surface area contributed by atoms with Crippen LogP contribution in [-0.2, 0) is 11.2 Å². The molecular formula is C20H25FN4OS. The molecule has 0 saturated carbocycles. The molecule has 2 aliphatic rings. The molecule has 1 aromatic carbocycles. The normalized spacial score (nSPS) is 18.7. The van der Waals surface area contributed by atoms with Gasteiger partial charge in [-0.15, -0.1) is 10.2 Å². The fourth-order valence-electron chi connectivity index (χ4n) is 3.91. The number of halogens is 1. The topological polar surface area (TPSA) is 49.3 Å². The highest BCUT2D eigenvalue weighted by atomic mass is 32.1. The average Bonchev–Trinajstić information content (AvgIpc) is 3.18. The highest BCUT2D eigenvalue weighted by molar-refractivity contribution is 7.15. The maximum absolute atomic E-state index is 13.0. The quantitative estimate of drug-likeness (QED) is 0.804. The summed E-state index contributed by atoms with van der Waals surface area (Å²) in [6.45, 7) is 3.58. The fourth-order valence-corrected chi connectivity index (χ4v) is 4.84. The van der Waals surface area contributed by atoms with Gasteiger partial charge in [-0.2, -0.15) is 0 Å². The smallest absolute Gasteiger partial charge is 0.225 e. The van der Waals surface area contributed by atoms with Gasteiger partial charge in [-0.25, -0.2) is 4.39 Å². The first-order chi connectivity index (χ1) is 13.2. The molecule has 2 aliphatic heterocycles. The minimum Gasteiger partial charge on any atom is -0.347 e. The Bertz CT molecular complexity index is 765. The van der Waals surface area contributed by atoms with Crippen molar-refractivity contribution in [1.82, 2.24) is 15.1 Å². The maximum atomic E-state index is 13.0. The van der Waals surface area contributed by atoms with Gasteiger partial charge in [-0.3, -0.25) is 4.79 Å². The van der Waals surface area contributed by atoms with Crippen LogP contribution in [0.3, 0.4) is 0 Å². The molecule has 0 N–H and O–H groups in total. The molecule has 4 rings (SSSR count). The molecule has 2 aromatic rings. The molecule has 5 nitrogen and oxygen atoms in total. The molecule has 0 aliphatic carbocycles. The van der Waals surface area contributed by atoms with Crippen LogP contribution in [0.25, 0.3) is 0 Å². The molecule has 1 amide bonds. The van der Waals surface area contributed by atoms with Gasteiger partial charge < -0.3 is 9.80 Å². The first kappa shape index (κ1) is 18.3. The van der Waals surface area contributed by atoms with Gasteiger partial charge >= 0.3 is 0 Å². The van der Waals surface area contributed by atoms with Crippen LogP contribution in [0.1, 0.15) is 42.7 Å². The molecule has 7 heteroatoms. The van der Waals surface area contributed by atoms with Gasteiger partial charge in [0.05, 0.1) is 0 Å². The van der Waals surface area contributed by atoms with E-state index in [4.69, 9.17) is 0 Å². The van der Waals surface area contributed by atoms with Crippen molar-refractivity contribution in [1.29, 1.82) is 0 Å². The van der Waals surface area contributed by atoms with E-state index in [1.165, 1.54) is 18.6 Å². The fraction of sp³-hybridized carbons (Fsp3) is 0.550. The lowest BCUT2D eigenvalue weighted by Crippen LogP contribution is -2.44. The lowest BCUT2D eigenvalue weighted by atomic mass is 9.94. The van der Waals surface area contributed by atoms with Crippen LogP contribution in [0.4, 0.5) is 9.52 Å². The van der Waals surface area contributed by atoms with Crippen molar-refractivity contribution in [3.63, 3.8) is 0 Å². The van der Waals surface area contributed by atoms with E-state index in [-0.39, 0.29) is 11.7 Å². The second-order valence-corrected chi connectivity index (χ2v) is 8.47. The first-order valence-corrected chi connectivity index (χ1v) is 10.6. The van der Waals surface area contributed by atoms with Gasteiger partial charge in [-0.1, -0.05) is 23.5 Å². The van der Waals surface area contributed by atoms with E-state index < -0.39 is 0 Å². The van der Waals surface area contributed by atoms with Crippen molar-refractivity contribution in [3.05, 3.63) is 40.7 Å². The molecule has 2 fully saturated rings. The van der Waals surface area contributed by atoms with Crippen molar-refractivity contribution in [3.8, 4) is 0 Å². The first-order valence-electron chi connectivity index (χ1n) is 9.79. The Morgan fingerprint density at radius 1 is 1.04 bits per heavy atom. The van der Waals surface area contributed by atoms with Crippen molar-refractivity contribution in [2.45, 2.75) is 38.5 Å². The Morgan fingerprint density at radius 2 is 1.74 bits per heavy atom. The summed E-state index contributed by atoms with van der Waals surface area (Å²) >= 11 is 1.59. The average molecular weight is 389 g/mol. The van der Waals surface area contributed by atoms with E-state index in [9.17, 15) is 9.18 Å². The summed E-state index contributed by atoms with van der Waals surface area (Å²) in [6, 6.07) is 6.52. The molecular weight excluding hydrogens is 363 g/mol. The maximum Gasteiger partial charge on any atom is 0.225 e. The summed E-state index contributed by atoms with van der Waals surface area (Å²) in [6.07, 6.45) is 5.99. The Kier molecular flexibility index (Phi) is 5.66. The number of rotatable bonds is 4. The third-order valence-corrected chi connectivity index (χ3v) is 6.49. The Hall–Kier alpha value is -2.02. The number of carbonyl (C=O) groups is 1. The van der Waals surface area contributed by atoms with E-state index in [2.05, 4.69) is 20.0 Å². The van der Waals surface area contributed by atoms with Gasteiger partial charge in [0.15, 0.2) is 0 Å². The molecule has 2 saturated heterocycles. The zero-order valence-corrected chi connectivity index (χ0v) is 16.3. The number of aromatic nitrogens is 2. The number of piperidine rings is 2. The number of likely N-dealkylation sites (tertiary alicyclic amines) is 1. The number of amides is 1. The van der Waals surface area contributed by atoms with Crippen LogP contribution >= 0.6 is 11.3 Å². The van der Waals surface area contributed by atoms with E-state index in [0.29, 0.717) is 12.3 Å². The largest absolute Gasteiger partial charge is 0.347 e. The number of benzene rings is 1. The van der Waals surface area contributed by atoms with Crippen LogP contribution in [0, 0.1) is 11.7 Å². The molecule has 144 valence electrons. The minimum atomic E-state index is -0.223. The second kappa shape index (κ2) is 8.33. The van der Waals surface area contributed by atoms with Gasteiger partial charge in [-0.05, 0) is 49.8 Å². The van der Waals surface area contributed by atoms with E-state index in [1.54, 1.807) is 23.5 Å². The van der Waals surface area contributed by atoms with Crippen LogP contribution in [0.15, 0.2) is 24.3 Å². The summed E-state index contributed by atoms with van der Waals surface area (Å²) in [7, 11) is 0. The predicted molar refractivity (Wildman–Crippen MR) is 104 cm³/mol. The molecule has 3 heterocycles. The number of carbonyl (C=O) groups excluding carboxylic acids is 1. The standard InChI is InChI=1S/C20H25FN4OS/c21-17-6-4-15(5-7-17)14-18-22-23-20(27-18)25-12-8-16(9-13-25)19(26)24-10-2-1-3-11-24/h4-7,16H,1-3,8-14H2. The van der Waals surface area contributed by atoms with Gasteiger partial charge in [0, 0.05) is 38.5 Å². The van der Waals surface area contributed by atoms with Gasteiger partial charge in [0.1, 0.15) is 10.8 Å². The Morgan fingerprint density at radius 3 is 2.44 bits per heavy atom. The van der Waals surface area contributed by atoms with Crippen molar-refractivity contribution in [2.24, 2.45) is 5.92 Å². The van der Waals surface area contributed by atoms with E-state index >= 15 is 0 Å². The third-order valence-electron chi connectivity index (χ3n) is 5.51. The van der Waals surface area contributed by atoms with Crippen LogP contribution < -0.4 is 4.90 Å². The van der Waals surface area contributed by atoms with Gasteiger partial charge in [0.2, 0.25) is 11.0 Å². The van der Waals surface area contributed by atoms with Gasteiger partial charge in [0.25, 0.3) is 0 Å². The molecule has 0 spiro atoms. The molecule has 0 bridgehead atoms. The summed E-state index contributed by atoms with van der Waals surface area (Å²) in [5.41, 5.74) is 1.03. The number of hydrogen-bond donors (Lipinski definition) is 0. The lowest BCUT2D eigenvalue weighted by molar-refractivity contribution is -0.137. The highest BCUT2D eigenvalue weighted by Crippen LogP contribution is 2.28. The van der Waals surface area contributed by atoms with Crippen LogP contribution in [0.2, 0.25) is 0 Å². The Labute approximate surface area is 163 Å². The molecule has 0 atom stereocenters. The zero-order valence-electron chi connectivity index (χ0n) is 15.4. The van der Waals surface area contributed by atoms with E-state index in [1.807, 2.05) is 0 Å². The summed E-state index contributed by atoms with van der Waals surface area (Å²) < 4.78 is 13.0. The zero-order chi connectivity index (χ0) is 18.6. The number of hydrogen-bond acceptors (Lipinski definition) is 5. The number of nitrogens with zero attached hydrogens (tertiary/aromatic N) is 4. The SMILES string of the molecule is O=C(C1CCN(c2nnc(Cc3ccc(F)cc3)s2)CC1)N1CCCCC1. The lowest BCUT2D eigenvalue weighted by Gasteiger charge is -2.35. The monoisotopic (exact) mass is 388 g/mol. The predicted octanol–water partition coefficient (Wildman–Crippen LogP) is 3.50. The molecule has 1 aromatic heterocycles. The Balaban J connectivity index is 1.31. The molecule has 27 heavy (non-hydrogen) atoms. The second-order valence-electron chi connectivity index (χ2n) is 7.43. The minimum absolute atomic E-state index is 0.158. The van der Waals surface area contributed by atoms with Crippen molar-refractivity contribution in [2.75, 3.05) is 31.1 Å².